The number of benzene rings is 1. The molecule has 1 aliphatic rings. The number of hydrogen-bond donors (Lipinski definition) is 0. The van der Waals surface area contributed by atoms with E-state index in [1.54, 1.807) is 25.4 Å². The van der Waals surface area contributed by atoms with Crippen LogP contribution in [0.3, 0.4) is 0 Å². The van der Waals surface area contributed by atoms with Gasteiger partial charge in [0.25, 0.3) is 6.29 Å². The van der Waals surface area contributed by atoms with Gasteiger partial charge in [-0.1, -0.05) is 5.16 Å². The first-order chi connectivity index (χ1) is 18.7. The number of alkyl halides is 3. The minimum absolute atomic E-state index is 0.311. The first kappa shape index (κ1) is 28.4. The van der Waals surface area contributed by atoms with Crippen molar-refractivity contribution in [3.63, 3.8) is 0 Å². The topological polar surface area (TPSA) is 111 Å². The molecule has 39 heavy (non-hydrogen) atoms. The number of methoxy groups -OCH3 is 2. The molecule has 3 aromatic rings. The Kier molecular flexibility index (Phi) is 9.12. The second kappa shape index (κ2) is 12.5. The lowest BCUT2D eigenvalue weighted by atomic mass is 9.99. The third-order valence-electron chi connectivity index (χ3n) is 5.85. The summed E-state index contributed by atoms with van der Waals surface area (Å²) in [6.45, 7) is 4.22. The fourth-order valence-electron chi connectivity index (χ4n) is 4.09. The highest BCUT2D eigenvalue weighted by Crippen LogP contribution is 2.28. The van der Waals surface area contributed by atoms with Crippen LogP contribution in [-0.2, 0) is 23.8 Å². The second-order valence-corrected chi connectivity index (χ2v) is 8.40. The molecule has 0 amide bonds. The molecule has 0 N–H and O–H groups in total. The lowest BCUT2D eigenvalue weighted by Crippen LogP contribution is -2.59. The molecule has 0 unspecified atom stereocenters. The second-order valence-electron chi connectivity index (χ2n) is 8.40. The number of pyridine rings is 1. The Labute approximate surface area is 222 Å². The maximum atomic E-state index is 12.4. The number of halogens is 3. The Morgan fingerprint density at radius 3 is 2.38 bits per heavy atom. The predicted molar refractivity (Wildman–Crippen MR) is 131 cm³/mol. The molecule has 210 valence electrons. The number of nitrogens with zero attached hydrogens (tertiary/aromatic N) is 5. The van der Waals surface area contributed by atoms with E-state index >= 15 is 0 Å². The Bertz CT molecular complexity index is 1220. The average molecular weight is 552 g/mol. The van der Waals surface area contributed by atoms with Crippen LogP contribution in [0.25, 0.3) is 17.1 Å². The van der Waals surface area contributed by atoms with Gasteiger partial charge in [-0.05, 0) is 50.2 Å². The Morgan fingerprint density at radius 2 is 1.77 bits per heavy atom. The quantitative estimate of drug-likeness (QED) is 0.275. The third kappa shape index (κ3) is 7.09. The molecule has 1 aromatic carbocycles. The highest BCUT2D eigenvalue weighted by Gasteiger charge is 2.47. The van der Waals surface area contributed by atoms with Crippen LogP contribution in [0.4, 0.5) is 13.2 Å². The molecule has 1 fully saturated rings. The molecule has 1 aliphatic heterocycles. The van der Waals surface area contributed by atoms with Gasteiger partial charge in [-0.3, -0.25) is 4.98 Å². The van der Waals surface area contributed by atoms with Gasteiger partial charge >= 0.3 is 6.36 Å². The average Bonchev–Trinajstić information content (AvgIpc) is 3.39. The SMILES string of the molecule is CCO[C@@H]1[C@@H](OC)[C@H](C)O[C@@H](O/N=C/c2ccc(-c3ncn(-c4ccc(OC(F)(F)F)cc4)n3)cn2)[C@@H]1OC. The molecule has 2 aromatic heterocycles. The summed E-state index contributed by atoms with van der Waals surface area (Å²) in [5, 5.41) is 8.37. The van der Waals surface area contributed by atoms with E-state index in [1.807, 2.05) is 13.8 Å². The van der Waals surface area contributed by atoms with Crippen LogP contribution >= 0.6 is 0 Å². The van der Waals surface area contributed by atoms with E-state index in [2.05, 4.69) is 25.0 Å². The standard InChI is InChI=1S/C25H28F3N5O6/c1-5-36-21-20(34-3)15(2)37-24(22(21)35-4)39-31-13-17-7-6-16(12-29-17)23-30-14-33(32-23)18-8-10-19(11-9-18)38-25(26,27)28/h6-15,20-22,24H,5H2,1-4H3/b31-13+/t15-,20-,21+,22+,24-/m0/s1. The molecule has 11 nitrogen and oxygen atoms in total. The van der Waals surface area contributed by atoms with Crippen molar-refractivity contribution in [2.45, 2.75) is 50.9 Å². The van der Waals surface area contributed by atoms with E-state index in [0.717, 1.165) is 0 Å². The van der Waals surface area contributed by atoms with Crippen LogP contribution in [0.2, 0.25) is 0 Å². The summed E-state index contributed by atoms with van der Waals surface area (Å²) in [4.78, 5) is 14.2. The van der Waals surface area contributed by atoms with Gasteiger partial charge in [-0.2, -0.15) is 0 Å². The highest BCUT2D eigenvalue weighted by molar-refractivity contribution is 5.77. The molecule has 14 heteroatoms. The fraction of sp³-hybridized carbons (Fsp3) is 0.440. The van der Waals surface area contributed by atoms with Crippen LogP contribution in [0.15, 0.2) is 54.1 Å². The van der Waals surface area contributed by atoms with E-state index in [4.69, 9.17) is 23.8 Å². The monoisotopic (exact) mass is 551 g/mol. The lowest BCUT2D eigenvalue weighted by molar-refractivity contribution is -0.308. The van der Waals surface area contributed by atoms with Gasteiger partial charge in [0.05, 0.1) is 23.7 Å². The smallest absolute Gasteiger partial charge is 0.406 e. The molecule has 0 aliphatic carbocycles. The molecular formula is C25H28F3N5O6. The van der Waals surface area contributed by atoms with Crippen molar-refractivity contribution in [3.8, 4) is 22.8 Å². The maximum Gasteiger partial charge on any atom is 0.573 e. The zero-order valence-corrected chi connectivity index (χ0v) is 21.6. The van der Waals surface area contributed by atoms with E-state index < -0.39 is 24.9 Å². The Balaban J connectivity index is 1.38. The summed E-state index contributed by atoms with van der Waals surface area (Å²) < 4.78 is 65.2. The van der Waals surface area contributed by atoms with Gasteiger partial charge in [0.1, 0.15) is 24.3 Å². The van der Waals surface area contributed by atoms with E-state index in [1.165, 1.54) is 48.6 Å². The van der Waals surface area contributed by atoms with Crippen molar-refractivity contribution in [2.75, 3.05) is 20.8 Å². The minimum atomic E-state index is -4.76. The van der Waals surface area contributed by atoms with Gasteiger partial charge in [-0.15, -0.1) is 18.3 Å². The molecule has 0 bridgehead atoms. The van der Waals surface area contributed by atoms with Gasteiger partial charge in [-0.25, -0.2) is 9.67 Å². The fourth-order valence-corrected chi connectivity index (χ4v) is 4.09. The zero-order valence-electron chi connectivity index (χ0n) is 21.6. The molecule has 1 saturated heterocycles. The first-order valence-electron chi connectivity index (χ1n) is 12.0. The summed E-state index contributed by atoms with van der Waals surface area (Å²) in [6.07, 6.45) is -2.73. The molecule has 0 spiro atoms. The van der Waals surface area contributed by atoms with Gasteiger partial charge < -0.3 is 28.5 Å². The van der Waals surface area contributed by atoms with Crippen LogP contribution in [0.1, 0.15) is 19.5 Å². The Morgan fingerprint density at radius 1 is 1.03 bits per heavy atom. The number of aromatic nitrogens is 4. The molecule has 3 heterocycles. The van der Waals surface area contributed by atoms with Gasteiger partial charge in [0, 0.05) is 32.6 Å². The van der Waals surface area contributed by atoms with E-state index in [9.17, 15) is 13.2 Å². The minimum Gasteiger partial charge on any atom is -0.406 e. The molecule has 0 radical (unpaired) electrons. The summed E-state index contributed by atoms with van der Waals surface area (Å²) in [6, 6.07) is 8.72. The normalized spacial score (nSPS) is 23.7. The summed E-state index contributed by atoms with van der Waals surface area (Å²) >= 11 is 0. The van der Waals surface area contributed by atoms with E-state index in [0.29, 0.717) is 29.4 Å². The van der Waals surface area contributed by atoms with Crippen molar-refractivity contribution >= 4 is 6.21 Å². The predicted octanol–water partition coefficient (Wildman–Crippen LogP) is 3.76. The van der Waals surface area contributed by atoms with Gasteiger partial charge in [0.15, 0.2) is 11.9 Å². The van der Waals surface area contributed by atoms with E-state index in [-0.39, 0.29) is 18.0 Å². The van der Waals surface area contributed by atoms with Gasteiger partial charge in [0.2, 0.25) is 0 Å². The van der Waals surface area contributed by atoms with Crippen LogP contribution < -0.4 is 4.74 Å². The summed E-state index contributed by atoms with van der Waals surface area (Å²) in [5.41, 5.74) is 1.64. The van der Waals surface area contributed by atoms with Crippen molar-refractivity contribution in [3.05, 3.63) is 54.6 Å². The highest BCUT2D eigenvalue weighted by atomic mass is 19.4. The number of hydrogen-bond acceptors (Lipinski definition) is 10. The number of oxime groups is 1. The lowest BCUT2D eigenvalue weighted by Gasteiger charge is -2.42. The summed E-state index contributed by atoms with van der Waals surface area (Å²) in [7, 11) is 3.13. The summed E-state index contributed by atoms with van der Waals surface area (Å²) in [5.74, 6) is 0.0488. The molecule has 5 atom stereocenters. The third-order valence-corrected chi connectivity index (χ3v) is 5.85. The van der Waals surface area contributed by atoms with Crippen molar-refractivity contribution in [2.24, 2.45) is 5.16 Å². The Hall–Kier alpha value is -3.59. The van der Waals surface area contributed by atoms with Crippen LogP contribution in [0, 0.1) is 0 Å². The zero-order chi connectivity index (χ0) is 28.0. The first-order valence-corrected chi connectivity index (χ1v) is 12.0. The number of rotatable bonds is 10. The molecule has 4 rings (SSSR count). The maximum absolute atomic E-state index is 12.4. The van der Waals surface area contributed by atoms with Crippen molar-refractivity contribution in [1.29, 1.82) is 0 Å². The van der Waals surface area contributed by atoms with Crippen molar-refractivity contribution in [1.82, 2.24) is 19.7 Å². The van der Waals surface area contributed by atoms with Crippen LogP contribution in [-0.4, -0.2) is 83.9 Å². The molecule has 0 saturated carbocycles. The largest absolute Gasteiger partial charge is 0.573 e. The van der Waals surface area contributed by atoms with Crippen LogP contribution in [0.5, 0.6) is 5.75 Å². The van der Waals surface area contributed by atoms with Crippen molar-refractivity contribution < 1.29 is 41.7 Å². The number of ether oxygens (including phenoxy) is 5. The molecular weight excluding hydrogens is 523 g/mol.